The fourth-order valence-corrected chi connectivity index (χ4v) is 4.06. The summed E-state index contributed by atoms with van der Waals surface area (Å²) in [6.07, 6.45) is 8.08. The minimum atomic E-state index is 0.221. The van der Waals surface area contributed by atoms with Crippen molar-refractivity contribution in [1.82, 2.24) is 10.6 Å². The predicted octanol–water partition coefficient (Wildman–Crippen LogP) is 7.21. The molecule has 0 bridgehead atoms. The molecule has 0 spiro atoms. The summed E-state index contributed by atoms with van der Waals surface area (Å²) in [6.45, 7) is 15.3. The Hall–Kier alpha value is -1.84. The van der Waals surface area contributed by atoms with E-state index in [0.29, 0.717) is 6.04 Å². The highest BCUT2D eigenvalue weighted by Gasteiger charge is 2.13. The van der Waals surface area contributed by atoms with Gasteiger partial charge in [-0.15, -0.1) is 0 Å². The second-order valence-electron chi connectivity index (χ2n) is 10.2. The van der Waals surface area contributed by atoms with Crippen molar-refractivity contribution in [3.05, 3.63) is 65.2 Å². The van der Waals surface area contributed by atoms with Crippen molar-refractivity contribution in [3.63, 3.8) is 0 Å². The van der Waals surface area contributed by atoms with Gasteiger partial charge in [0.15, 0.2) is 0 Å². The van der Waals surface area contributed by atoms with Crippen molar-refractivity contribution in [2.45, 2.75) is 91.0 Å². The molecule has 2 aromatic rings. The van der Waals surface area contributed by atoms with Crippen molar-refractivity contribution in [3.8, 4) is 5.75 Å². The molecule has 1 unspecified atom stereocenters. The third-order valence-electron chi connectivity index (χ3n) is 6.22. The molecule has 2 rings (SSSR count). The molecule has 3 heteroatoms. The van der Waals surface area contributed by atoms with Crippen LogP contribution in [0.2, 0.25) is 0 Å². The SMILES string of the molecule is CCCNCCCCNC(CC)c1cccc(OCCCCc2ccc(C(C)(C)C)cc2)c1. The number of nitrogens with one attached hydrogen (secondary N) is 2. The van der Waals surface area contributed by atoms with Crippen molar-refractivity contribution in [2.75, 3.05) is 26.2 Å². The number of benzene rings is 2. The Morgan fingerprint density at radius 2 is 1.61 bits per heavy atom. The molecule has 0 saturated heterocycles. The maximum absolute atomic E-state index is 6.09. The van der Waals surface area contributed by atoms with Crippen molar-refractivity contribution in [2.24, 2.45) is 0 Å². The normalized spacial score (nSPS) is 12.6. The average molecular weight is 453 g/mol. The van der Waals surface area contributed by atoms with Gasteiger partial charge in [0.25, 0.3) is 0 Å². The van der Waals surface area contributed by atoms with E-state index >= 15 is 0 Å². The molecule has 33 heavy (non-hydrogen) atoms. The Bertz CT molecular complexity index is 764. The van der Waals surface area contributed by atoms with E-state index in [9.17, 15) is 0 Å². The maximum Gasteiger partial charge on any atom is 0.119 e. The molecule has 0 radical (unpaired) electrons. The Morgan fingerprint density at radius 3 is 2.30 bits per heavy atom. The van der Waals surface area contributed by atoms with Gasteiger partial charge in [0.1, 0.15) is 5.75 Å². The summed E-state index contributed by atoms with van der Waals surface area (Å²) >= 11 is 0. The predicted molar refractivity (Wildman–Crippen MR) is 143 cm³/mol. The molecular weight excluding hydrogens is 404 g/mol. The number of rotatable bonds is 16. The molecule has 0 saturated carbocycles. The van der Waals surface area contributed by atoms with E-state index < -0.39 is 0 Å². The molecule has 0 fully saturated rings. The lowest BCUT2D eigenvalue weighted by Crippen LogP contribution is -2.23. The molecule has 2 N–H and O–H groups in total. The van der Waals surface area contributed by atoms with Gasteiger partial charge in [-0.1, -0.05) is 71.0 Å². The second kappa shape index (κ2) is 15.1. The topological polar surface area (TPSA) is 33.3 Å². The minimum Gasteiger partial charge on any atom is -0.494 e. The van der Waals surface area contributed by atoms with Crippen LogP contribution in [0.15, 0.2) is 48.5 Å². The monoisotopic (exact) mass is 452 g/mol. The molecule has 0 aliphatic carbocycles. The molecule has 1 atom stereocenters. The summed E-state index contributed by atoms with van der Waals surface area (Å²) in [7, 11) is 0. The second-order valence-corrected chi connectivity index (χ2v) is 10.2. The van der Waals surface area contributed by atoms with Gasteiger partial charge in [0.05, 0.1) is 6.61 Å². The highest BCUT2D eigenvalue weighted by molar-refractivity contribution is 5.31. The average Bonchev–Trinajstić information content (AvgIpc) is 2.81. The van der Waals surface area contributed by atoms with E-state index in [1.807, 2.05) is 0 Å². The Kier molecular flexibility index (Phi) is 12.6. The van der Waals surface area contributed by atoms with Crippen LogP contribution in [-0.2, 0) is 11.8 Å². The van der Waals surface area contributed by atoms with Crippen molar-refractivity contribution in [1.29, 1.82) is 0 Å². The van der Waals surface area contributed by atoms with Gasteiger partial charge in [0, 0.05) is 6.04 Å². The zero-order chi connectivity index (χ0) is 23.9. The lowest BCUT2D eigenvalue weighted by molar-refractivity contribution is 0.306. The Balaban J connectivity index is 1.68. The summed E-state index contributed by atoms with van der Waals surface area (Å²) in [6, 6.07) is 18.2. The molecule has 0 aliphatic rings. The van der Waals surface area contributed by atoms with E-state index in [2.05, 4.69) is 93.8 Å². The van der Waals surface area contributed by atoms with Crippen LogP contribution < -0.4 is 15.4 Å². The van der Waals surface area contributed by atoms with Crippen LogP contribution in [-0.4, -0.2) is 26.2 Å². The summed E-state index contributed by atoms with van der Waals surface area (Å²) in [5.41, 5.74) is 4.37. The molecule has 0 heterocycles. The van der Waals surface area contributed by atoms with Gasteiger partial charge in [-0.25, -0.2) is 0 Å². The molecule has 0 aromatic heterocycles. The van der Waals surface area contributed by atoms with Crippen LogP contribution in [0, 0.1) is 0 Å². The number of unbranched alkanes of at least 4 members (excludes halogenated alkanes) is 2. The Morgan fingerprint density at radius 1 is 0.848 bits per heavy atom. The third kappa shape index (κ3) is 10.8. The molecule has 3 nitrogen and oxygen atoms in total. The van der Waals surface area contributed by atoms with Gasteiger partial charge in [-0.3, -0.25) is 0 Å². The molecule has 0 aliphatic heterocycles. The van der Waals surface area contributed by atoms with Gasteiger partial charge >= 0.3 is 0 Å². The van der Waals surface area contributed by atoms with Crippen LogP contribution in [0.25, 0.3) is 0 Å². The number of hydrogen-bond acceptors (Lipinski definition) is 3. The first-order valence-electron chi connectivity index (χ1n) is 13.2. The van der Waals surface area contributed by atoms with E-state index in [1.165, 1.54) is 36.0 Å². The lowest BCUT2D eigenvalue weighted by Gasteiger charge is -2.19. The van der Waals surface area contributed by atoms with Gasteiger partial charge in [-0.2, -0.15) is 0 Å². The largest absolute Gasteiger partial charge is 0.494 e. The van der Waals surface area contributed by atoms with Crippen LogP contribution in [0.4, 0.5) is 0 Å². The first-order valence-corrected chi connectivity index (χ1v) is 13.2. The van der Waals surface area contributed by atoms with Crippen LogP contribution >= 0.6 is 0 Å². The first-order chi connectivity index (χ1) is 15.9. The first kappa shape index (κ1) is 27.4. The quantitative estimate of drug-likeness (QED) is 0.264. The van der Waals surface area contributed by atoms with Gasteiger partial charge in [-0.05, 0) is 98.8 Å². The van der Waals surface area contributed by atoms with Crippen molar-refractivity contribution >= 4 is 0 Å². The van der Waals surface area contributed by atoms with Crippen LogP contribution in [0.1, 0.15) is 95.9 Å². The molecule has 0 amide bonds. The number of hydrogen-bond donors (Lipinski definition) is 2. The zero-order valence-corrected chi connectivity index (χ0v) is 21.9. The smallest absolute Gasteiger partial charge is 0.119 e. The minimum absolute atomic E-state index is 0.221. The summed E-state index contributed by atoms with van der Waals surface area (Å²) < 4.78 is 6.09. The van der Waals surface area contributed by atoms with Gasteiger partial charge in [0.2, 0.25) is 0 Å². The van der Waals surface area contributed by atoms with Crippen LogP contribution in [0.5, 0.6) is 5.75 Å². The fourth-order valence-electron chi connectivity index (χ4n) is 4.06. The third-order valence-corrected chi connectivity index (χ3v) is 6.22. The summed E-state index contributed by atoms with van der Waals surface area (Å²) in [5, 5.41) is 7.21. The standard InChI is InChI=1S/C30H48N2O/c1-6-20-31-21-9-10-22-32-29(7-2)26-14-12-15-28(24-26)33-23-11-8-13-25-16-18-27(19-17-25)30(3,4)5/h12,14-19,24,29,31-32H,6-11,13,20-23H2,1-5H3. The zero-order valence-electron chi connectivity index (χ0n) is 21.9. The van der Waals surface area contributed by atoms with Crippen molar-refractivity contribution < 1.29 is 4.74 Å². The van der Waals surface area contributed by atoms with E-state index in [4.69, 9.17) is 4.74 Å². The lowest BCUT2D eigenvalue weighted by atomic mass is 9.86. The highest BCUT2D eigenvalue weighted by Crippen LogP contribution is 2.23. The highest BCUT2D eigenvalue weighted by atomic mass is 16.5. The fraction of sp³-hybridized carbons (Fsp3) is 0.600. The maximum atomic E-state index is 6.09. The van der Waals surface area contributed by atoms with E-state index in [1.54, 1.807) is 0 Å². The summed E-state index contributed by atoms with van der Waals surface area (Å²) in [4.78, 5) is 0. The molecular formula is C30H48N2O. The van der Waals surface area contributed by atoms with Crippen LogP contribution in [0.3, 0.4) is 0 Å². The Labute approximate surface area is 203 Å². The molecule has 2 aromatic carbocycles. The summed E-state index contributed by atoms with van der Waals surface area (Å²) in [5.74, 6) is 0.992. The number of aryl methyl sites for hydroxylation is 1. The van der Waals surface area contributed by atoms with E-state index in [-0.39, 0.29) is 5.41 Å². The molecule has 184 valence electrons. The van der Waals surface area contributed by atoms with Gasteiger partial charge < -0.3 is 15.4 Å². The van der Waals surface area contributed by atoms with E-state index in [0.717, 1.165) is 57.7 Å². The number of ether oxygens (including phenoxy) is 1.